The molecule has 0 radical (unpaired) electrons. The van der Waals surface area contributed by atoms with E-state index < -0.39 is 12.0 Å². The molecule has 1 heterocycles. The number of carbonyl (C=O) groups excluding carboxylic acids is 1. The van der Waals surface area contributed by atoms with Crippen LogP contribution in [0, 0.1) is 0 Å². The summed E-state index contributed by atoms with van der Waals surface area (Å²) in [6.07, 6.45) is 2.22. The zero-order chi connectivity index (χ0) is 14.0. The van der Waals surface area contributed by atoms with E-state index in [-0.39, 0.29) is 11.5 Å². The van der Waals surface area contributed by atoms with Gasteiger partial charge in [-0.3, -0.25) is 4.79 Å². The summed E-state index contributed by atoms with van der Waals surface area (Å²) in [6, 6.07) is 4.39. The summed E-state index contributed by atoms with van der Waals surface area (Å²) in [5, 5.41) is 8.99. The van der Waals surface area contributed by atoms with E-state index in [1.165, 1.54) is 6.07 Å². The Morgan fingerprint density at radius 3 is 2.84 bits per heavy atom. The first kappa shape index (κ1) is 13.5. The summed E-state index contributed by atoms with van der Waals surface area (Å²) in [5.74, 6) is -1.04. The first-order chi connectivity index (χ1) is 9.04. The molecule has 2 rings (SSSR count). The van der Waals surface area contributed by atoms with Crippen molar-refractivity contribution < 1.29 is 14.7 Å². The van der Waals surface area contributed by atoms with Gasteiger partial charge in [0.05, 0.1) is 11.6 Å². The fraction of sp³-hybridized carbons (Fsp3) is 0.429. The van der Waals surface area contributed by atoms with Crippen LogP contribution in [0.4, 0.5) is 5.69 Å². The van der Waals surface area contributed by atoms with Crippen LogP contribution in [-0.4, -0.2) is 29.6 Å². The van der Waals surface area contributed by atoms with Gasteiger partial charge in [-0.25, -0.2) is 4.79 Å². The first-order valence-electron chi connectivity index (χ1n) is 6.47. The predicted molar refractivity (Wildman–Crippen MR) is 72.3 cm³/mol. The van der Waals surface area contributed by atoms with Crippen molar-refractivity contribution in [1.82, 2.24) is 0 Å². The van der Waals surface area contributed by atoms with Crippen molar-refractivity contribution in [3.63, 3.8) is 0 Å². The molecular weight excluding hydrogens is 244 g/mol. The monoisotopic (exact) mass is 262 g/mol. The average Bonchev–Trinajstić information content (AvgIpc) is 2.44. The fourth-order valence-electron chi connectivity index (χ4n) is 2.33. The number of hydrogen-bond donors (Lipinski definition) is 2. The minimum atomic E-state index is -0.948. The number of amides is 1. The third-order valence-electron chi connectivity index (χ3n) is 3.47. The number of rotatable bonds is 3. The Balaban J connectivity index is 2.34. The molecule has 0 aliphatic carbocycles. The maximum atomic E-state index is 12.2. The lowest BCUT2D eigenvalue weighted by molar-refractivity contribution is -0.120. The molecule has 5 heteroatoms. The Morgan fingerprint density at radius 2 is 2.21 bits per heavy atom. The Labute approximate surface area is 112 Å². The Kier molecular flexibility index (Phi) is 3.85. The number of hydrogen-bond acceptors (Lipinski definition) is 3. The summed E-state index contributed by atoms with van der Waals surface area (Å²) in [7, 11) is 0. The fourth-order valence-corrected chi connectivity index (χ4v) is 2.33. The molecule has 1 amide bonds. The van der Waals surface area contributed by atoms with Gasteiger partial charge in [0.2, 0.25) is 5.91 Å². The van der Waals surface area contributed by atoms with Gasteiger partial charge in [0, 0.05) is 12.2 Å². The molecule has 1 atom stereocenters. The summed E-state index contributed by atoms with van der Waals surface area (Å²) >= 11 is 0. The third-order valence-corrected chi connectivity index (χ3v) is 3.47. The number of anilines is 1. The molecule has 0 saturated carbocycles. The SMILES string of the molecule is CC[C@H](N)C(=O)N1CCCc2cc(C(=O)O)ccc21. The number of aryl methyl sites for hydroxylation is 1. The van der Waals surface area contributed by atoms with Gasteiger partial charge >= 0.3 is 5.97 Å². The third kappa shape index (κ3) is 2.61. The molecule has 0 fully saturated rings. The molecule has 19 heavy (non-hydrogen) atoms. The van der Waals surface area contributed by atoms with Gasteiger partial charge in [-0.15, -0.1) is 0 Å². The van der Waals surface area contributed by atoms with Gasteiger partial charge in [0.25, 0.3) is 0 Å². The number of aromatic carboxylic acids is 1. The van der Waals surface area contributed by atoms with Crippen LogP contribution in [0.25, 0.3) is 0 Å². The van der Waals surface area contributed by atoms with Crippen LogP contribution in [0.3, 0.4) is 0 Å². The van der Waals surface area contributed by atoms with E-state index in [1.807, 2.05) is 6.92 Å². The quantitative estimate of drug-likeness (QED) is 0.862. The van der Waals surface area contributed by atoms with E-state index in [2.05, 4.69) is 0 Å². The van der Waals surface area contributed by atoms with Gasteiger partial charge < -0.3 is 15.7 Å². The lowest BCUT2D eigenvalue weighted by Crippen LogP contribution is -2.45. The molecule has 1 aliphatic heterocycles. The zero-order valence-corrected chi connectivity index (χ0v) is 10.9. The molecule has 1 aromatic rings. The topological polar surface area (TPSA) is 83.6 Å². The lowest BCUT2D eigenvalue weighted by atomic mass is 9.98. The highest BCUT2D eigenvalue weighted by atomic mass is 16.4. The maximum absolute atomic E-state index is 12.2. The second-order valence-electron chi connectivity index (χ2n) is 4.76. The molecule has 0 aromatic heterocycles. The number of nitrogens with two attached hydrogens (primary N) is 1. The number of fused-ring (bicyclic) bond motifs is 1. The minimum absolute atomic E-state index is 0.0912. The van der Waals surface area contributed by atoms with Gasteiger partial charge in [-0.2, -0.15) is 0 Å². The van der Waals surface area contributed by atoms with E-state index in [1.54, 1.807) is 17.0 Å². The van der Waals surface area contributed by atoms with Gasteiger partial charge in [-0.05, 0) is 43.0 Å². The second kappa shape index (κ2) is 5.40. The average molecular weight is 262 g/mol. The van der Waals surface area contributed by atoms with Crippen molar-refractivity contribution in [2.75, 3.05) is 11.4 Å². The minimum Gasteiger partial charge on any atom is -0.478 e. The standard InChI is InChI=1S/C14H18N2O3/c1-2-11(15)13(17)16-7-3-4-9-8-10(14(18)19)5-6-12(9)16/h5-6,8,11H,2-4,7,15H2,1H3,(H,18,19)/t11-/m0/s1. The summed E-state index contributed by atoms with van der Waals surface area (Å²) < 4.78 is 0. The summed E-state index contributed by atoms with van der Waals surface area (Å²) in [5.41, 5.74) is 7.76. The predicted octanol–water partition coefficient (Wildman–Crippen LogP) is 1.40. The van der Waals surface area contributed by atoms with Crippen molar-refractivity contribution in [2.24, 2.45) is 5.73 Å². The van der Waals surface area contributed by atoms with E-state index in [0.29, 0.717) is 13.0 Å². The van der Waals surface area contributed by atoms with E-state index in [0.717, 1.165) is 24.1 Å². The Hall–Kier alpha value is -1.88. The van der Waals surface area contributed by atoms with Crippen molar-refractivity contribution >= 4 is 17.6 Å². The van der Waals surface area contributed by atoms with Gasteiger partial charge in [-0.1, -0.05) is 6.92 Å². The van der Waals surface area contributed by atoms with E-state index in [9.17, 15) is 9.59 Å². The van der Waals surface area contributed by atoms with E-state index in [4.69, 9.17) is 10.8 Å². The van der Waals surface area contributed by atoms with Gasteiger partial charge in [0.1, 0.15) is 0 Å². The summed E-state index contributed by atoms with van der Waals surface area (Å²) in [4.78, 5) is 24.8. The van der Waals surface area contributed by atoms with E-state index >= 15 is 0 Å². The molecule has 0 spiro atoms. The van der Waals surface area contributed by atoms with Gasteiger partial charge in [0.15, 0.2) is 0 Å². The highest BCUT2D eigenvalue weighted by Gasteiger charge is 2.26. The molecule has 0 saturated heterocycles. The molecule has 3 N–H and O–H groups in total. The molecule has 5 nitrogen and oxygen atoms in total. The Bertz CT molecular complexity index is 513. The smallest absolute Gasteiger partial charge is 0.335 e. The molecule has 1 aliphatic rings. The molecule has 0 bridgehead atoms. The van der Waals surface area contributed by atoms with Crippen LogP contribution >= 0.6 is 0 Å². The molecule has 1 aromatic carbocycles. The zero-order valence-electron chi connectivity index (χ0n) is 10.9. The molecule has 0 unspecified atom stereocenters. The highest BCUT2D eigenvalue weighted by Crippen LogP contribution is 2.28. The van der Waals surface area contributed by atoms with Crippen LogP contribution in [0.5, 0.6) is 0 Å². The molecular formula is C14H18N2O3. The number of benzene rings is 1. The number of carboxylic acids is 1. The van der Waals surface area contributed by atoms with Crippen LogP contribution in [-0.2, 0) is 11.2 Å². The van der Waals surface area contributed by atoms with Crippen molar-refractivity contribution in [2.45, 2.75) is 32.2 Å². The number of carboxylic acid groups (broad SMARTS) is 1. The van der Waals surface area contributed by atoms with Crippen molar-refractivity contribution in [1.29, 1.82) is 0 Å². The lowest BCUT2D eigenvalue weighted by Gasteiger charge is -2.31. The van der Waals surface area contributed by atoms with Crippen molar-refractivity contribution in [3.05, 3.63) is 29.3 Å². The van der Waals surface area contributed by atoms with Crippen LogP contribution in [0.1, 0.15) is 35.7 Å². The number of nitrogens with zero attached hydrogens (tertiary/aromatic N) is 1. The van der Waals surface area contributed by atoms with Crippen LogP contribution in [0.2, 0.25) is 0 Å². The largest absolute Gasteiger partial charge is 0.478 e. The van der Waals surface area contributed by atoms with Crippen molar-refractivity contribution in [3.8, 4) is 0 Å². The maximum Gasteiger partial charge on any atom is 0.335 e. The number of carbonyl (C=O) groups is 2. The second-order valence-corrected chi connectivity index (χ2v) is 4.76. The normalized spacial score (nSPS) is 15.8. The highest BCUT2D eigenvalue weighted by molar-refractivity contribution is 5.98. The summed E-state index contributed by atoms with van der Waals surface area (Å²) in [6.45, 7) is 2.52. The van der Waals surface area contributed by atoms with Crippen LogP contribution in [0.15, 0.2) is 18.2 Å². The molecule has 102 valence electrons. The Morgan fingerprint density at radius 1 is 1.47 bits per heavy atom. The van der Waals surface area contributed by atoms with Crippen LogP contribution < -0.4 is 10.6 Å². The first-order valence-corrected chi connectivity index (χ1v) is 6.47.